The predicted octanol–water partition coefficient (Wildman–Crippen LogP) is -0.0934. The number of carbonyl (C=O) groups excluding carboxylic acids is 2. The van der Waals surface area contributed by atoms with E-state index in [1.54, 1.807) is 25.1 Å². The van der Waals surface area contributed by atoms with Crippen molar-refractivity contribution in [3.8, 4) is 0 Å². The minimum atomic E-state index is -0.980. The molecule has 1 aromatic heterocycles. The highest BCUT2D eigenvalue weighted by Gasteiger charge is 2.40. The van der Waals surface area contributed by atoms with Crippen LogP contribution in [0.4, 0.5) is 16.3 Å². The third-order valence-corrected chi connectivity index (χ3v) is 4.60. The number of likely N-dealkylation sites (tertiary alicyclic amines) is 1. The number of hydrogen-bond donors (Lipinski definition) is 2. The fourth-order valence-electron chi connectivity index (χ4n) is 3.14. The summed E-state index contributed by atoms with van der Waals surface area (Å²) in [5.74, 6) is -1.24. The second-order valence-electron chi connectivity index (χ2n) is 7.13. The lowest BCUT2D eigenvalue weighted by atomic mass is 10.1. The fraction of sp³-hybridized carbons (Fsp3) is 0.421. The molecule has 1 saturated heterocycles. The number of hydrogen-bond acceptors (Lipinski definition) is 9. The molecule has 0 spiro atoms. The van der Waals surface area contributed by atoms with E-state index in [4.69, 9.17) is 10.5 Å². The number of nitrogen functional groups attached to an aromatic ring is 1. The van der Waals surface area contributed by atoms with Gasteiger partial charge in [-0.1, -0.05) is 18.2 Å². The number of aliphatic hydroxyl groups is 1. The Morgan fingerprint density at radius 1 is 1.30 bits per heavy atom. The molecule has 3 N–H and O–H groups in total. The van der Waals surface area contributed by atoms with Crippen LogP contribution in [0.1, 0.15) is 17.8 Å². The number of anilines is 2. The van der Waals surface area contributed by atoms with Crippen molar-refractivity contribution in [2.75, 3.05) is 31.3 Å². The van der Waals surface area contributed by atoms with Crippen LogP contribution in [-0.2, 0) is 27.4 Å². The fourth-order valence-corrected chi connectivity index (χ4v) is 3.14. The molecule has 1 aliphatic rings. The molecule has 0 radical (unpaired) electrons. The number of halogens is 1. The summed E-state index contributed by atoms with van der Waals surface area (Å²) in [7, 11) is 3.45. The zero-order valence-corrected chi connectivity index (χ0v) is 16.7. The van der Waals surface area contributed by atoms with Crippen LogP contribution in [0, 0.1) is 5.82 Å². The van der Waals surface area contributed by atoms with Crippen LogP contribution in [0.15, 0.2) is 24.3 Å². The quantitative estimate of drug-likeness (QED) is 0.617. The van der Waals surface area contributed by atoms with E-state index in [9.17, 15) is 19.1 Å². The largest absolute Gasteiger partial charge is 0.456 e. The second-order valence-corrected chi connectivity index (χ2v) is 7.13. The first-order valence-electron chi connectivity index (χ1n) is 9.30. The molecule has 2 aromatic rings. The van der Waals surface area contributed by atoms with Crippen LogP contribution in [0.25, 0.3) is 0 Å². The number of carbonyl (C=O) groups is 2. The molecular formula is C19H23FN6O4. The van der Waals surface area contributed by atoms with Gasteiger partial charge in [-0.25, -0.2) is 9.18 Å². The van der Waals surface area contributed by atoms with E-state index >= 15 is 0 Å². The zero-order chi connectivity index (χ0) is 21.8. The Labute approximate surface area is 172 Å². The van der Waals surface area contributed by atoms with Crippen LogP contribution >= 0.6 is 0 Å². The highest BCUT2D eigenvalue weighted by atomic mass is 19.1. The van der Waals surface area contributed by atoms with E-state index in [-0.39, 0.29) is 43.3 Å². The molecule has 1 fully saturated rings. The molecule has 2 unspecified atom stereocenters. The molecular weight excluding hydrogens is 395 g/mol. The van der Waals surface area contributed by atoms with Crippen molar-refractivity contribution < 1.29 is 23.8 Å². The number of ether oxygens (including phenoxy) is 1. The summed E-state index contributed by atoms with van der Waals surface area (Å²) < 4.78 is 19.1. The lowest BCUT2D eigenvalue weighted by Gasteiger charge is -2.23. The van der Waals surface area contributed by atoms with Gasteiger partial charge in [0.2, 0.25) is 17.8 Å². The van der Waals surface area contributed by atoms with E-state index < -0.39 is 29.8 Å². The van der Waals surface area contributed by atoms with Gasteiger partial charge in [0.25, 0.3) is 0 Å². The van der Waals surface area contributed by atoms with Crippen molar-refractivity contribution in [1.82, 2.24) is 19.9 Å². The molecule has 0 aliphatic carbocycles. The predicted molar refractivity (Wildman–Crippen MR) is 105 cm³/mol. The van der Waals surface area contributed by atoms with Crippen molar-refractivity contribution in [2.45, 2.75) is 31.6 Å². The van der Waals surface area contributed by atoms with Crippen molar-refractivity contribution in [2.24, 2.45) is 0 Å². The lowest BCUT2D eigenvalue weighted by molar-refractivity contribution is -0.154. The van der Waals surface area contributed by atoms with E-state index in [0.29, 0.717) is 5.95 Å². The van der Waals surface area contributed by atoms with Crippen LogP contribution in [0.5, 0.6) is 0 Å². The Morgan fingerprint density at radius 2 is 2.03 bits per heavy atom. The van der Waals surface area contributed by atoms with E-state index in [1.807, 2.05) is 0 Å². The Bertz CT molecular complexity index is 941. The zero-order valence-electron chi connectivity index (χ0n) is 16.7. The average Bonchev–Trinajstić information content (AvgIpc) is 3.09. The van der Waals surface area contributed by atoms with Crippen LogP contribution in [-0.4, -0.2) is 69.6 Å². The van der Waals surface area contributed by atoms with Crippen LogP contribution < -0.4 is 10.6 Å². The number of nitrogens with zero attached hydrogens (tertiary/aromatic N) is 5. The molecule has 1 aromatic carbocycles. The summed E-state index contributed by atoms with van der Waals surface area (Å²) in [5.41, 5.74) is 5.86. The number of amides is 1. The van der Waals surface area contributed by atoms with E-state index in [0.717, 1.165) is 0 Å². The third-order valence-electron chi connectivity index (χ3n) is 4.60. The Hall–Kier alpha value is -3.34. The summed E-state index contributed by atoms with van der Waals surface area (Å²) in [6.07, 6.45) is -1.07. The first-order valence-corrected chi connectivity index (χ1v) is 9.30. The Morgan fingerprint density at radius 3 is 2.73 bits per heavy atom. The standard InChI is InChI=1S/C19H23FN6O4/c1-25(2)19-23-15(22-18(21)24-19)10-30-17(29)14-8-12(27)9-26(14)16(28)7-11-5-3-4-6-13(11)20/h3-6,12,14,27H,7-10H2,1-2H3,(H2,21,22,23,24). The molecule has 0 bridgehead atoms. The summed E-state index contributed by atoms with van der Waals surface area (Å²) in [6, 6.07) is 4.93. The first-order chi connectivity index (χ1) is 14.2. The number of esters is 1. The second kappa shape index (κ2) is 8.99. The molecule has 2 heterocycles. The van der Waals surface area contributed by atoms with Gasteiger partial charge in [-0.2, -0.15) is 15.0 Å². The maximum atomic E-state index is 13.9. The van der Waals surface area contributed by atoms with Gasteiger partial charge in [-0.05, 0) is 11.6 Å². The van der Waals surface area contributed by atoms with Gasteiger partial charge in [0.1, 0.15) is 11.9 Å². The molecule has 30 heavy (non-hydrogen) atoms. The van der Waals surface area contributed by atoms with Crippen molar-refractivity contribution >= 4 is 23.8 Å². The number of benzene rings is 1. The number of aliphatic hydroxyl groups excluding tert-OH is 1. The third kappa shape index (κ3) is 4.98. The molecule has 2 atom stereocenters. The van der Waals surface area contributed by atoms with Gasteiger partial charge in [-0.15, -0.1) is 0 Å². The molecule has 160 valence electrons. The molecule has 1 amide bonds. The number of rotatable bonds is 6. The lowest BCUT2D eigenvalue weighted by Crippen LogP contribution is -2.42. The number of aromatic nitrogens is 3. The monoisotopic (exact) mass is 418 g/mol. The van der Waals surface area contributed by atoms with Crippen molar-refractivity contribution in [3.05, 3.63) is 41.5 Å². The molecule has 11 heteroatoms. The minimum Gasteiger partial charge on any atom is -0.456 e. The summed E-state index contributed by atoms with van der Waals surface area (Å²) in [6.45, 7) is -0.301. The number of nitrogens with two attached hydrogens (primary N) is 1. The molecule has 3 rings (SSSR count). The summed E-state index contributed by atoms with van der Waals surface area (Å²) in [4.78, 5) is 40.1. The first kappa shape index (κ1) is 21.4. The highest BCUT2D eigenvalue weighted by molar-refractivity contribution is 5.86. The molecule has 10 nitrogen and oxygen atoms in total. The SMILES string of the molecule is CN(C)c1nc(N)nc(COC(=O)C2CC(O)CN2C(=O)Cc2ccccc2F)n1. The van der Waals surface area contributed by atoms with Gasteiger partial charge < -0.3 is 25.4 Å². The van der Waals surface area contributed by atoms with Crippen molar-refractivity contribution in [1.29, 1.82) is 0 Å². The average molecular weight is 418 g/mol. The smallest absolute Gasteiger partial charge is 0.329 e. The molecule has 0 saturated carbocycles. The summed E-state index contributed by atoms with van der Waals surface area (Å²) in [5, 5.41) is 9.98. The normalized spacial score (nSPS) is 18.3. The maximum absolute atomic E-state index is 13.9. The Kier molecular flexibility index (Phi) is 6.40. The van der Waals surface area contributed by atoms with Crippen LogP contribution in [0.3, 0.4) is 0 Å². The van der Waals surface area contributed by atoms with E-state index in [1.165, 1.54) is 23.1 Å². The van der Waals surface area contributed by atoms with Gasteiger partial charge in [-0.3, -0.25) is 4.79 Å². The van der Waals surface area contributed by atoms with Crippen molar-refractivity contribution in [3.63, 3.8) is 0 Å². The van der Waals surface area contributed by atoms with Gasteiger partial charge in [0.15, 0.2) is 12.4 Å². The Balaban J connectivity index is 1.67. The summed E-state index contributed by atoms with van der Waals surface area (Å²) >= 11 is 0. The topological polar surface area (TPSA) is 135 Å². The minimum absolute atomic E-state index is 0.0160. The van der Waals surface area contributed by atoms with Gasteiger partial charge in [0.05, 0.1) is 12.5 Å². The molecule has 1 aliphatic heterocycles. The van der Waals surface area contributed by atoms with E-state index in [2.05, 4.69) is 15.0 Å². The van der Waals surface area contributed by atoms with Gasteiger partial charge in [0, 0.05) is 27.1 Å². The van der Waals surface area contributed by atoms with Crippen LogP contribution in [0.2, 0.25) is 0 Å². The maximum Gasteiger partial charge on any atom is 0.329 e. The van der Waals surface area contributed by atoms with Gasteiger partial charge >= 0.3 is 5.97 Å². The number of β-amino-alcohol motifs (C(OH)–C–C–N with tert-alkyl or cyclic N) is 1. The highest BCUT2D eigenvalue weighted by Crippen LogP contribution is 2.22.